The lowest BCUT2D eigenvalue weighted by molar-refractivity contribution is 0.0469. The summed E-state index contributed by atoms with van der Waals surface area (Å²) in [6.07, 6.45) is 1.46. The topological polar surface area (TPSA) is 102 Å². The molecule has 3 aromatic rings. The first-order valence-corrected chi connectivity index (χ1v) is 9.23. The number of amides is 2. The molecule has 9 heteroatoms. The van der Waals surface area contributed by atoms with Crippen LogP contribution in [-0.4, -0.2) is 27.4 Å². The van der Waals surface area contributed by atoms with E-state index in [1.165, 1.54) is 22.7 Å². The molecule has 8 nitrogen and oxygen atoms in total. The normalized spacial score (nSPS) is 10.8. The minimum atomic E-state index is -0.649. The fourth-order valence-corrected chi connectivity index (χ4v) is 2.77. The number of carbonyl (C=O) groups is 2. The van der Waals surface area contributed by atoms with Gasteiger partial charge < -0.3 is 15.4 Å². The molecule has 2 heterocycles. The van der Waals surface area contributed by atoms with Crippen LogP contribution in [0.3, 0.4) is 0 Å². The molecule has 0 aliphatic heterocycles. The zero-order valence-corrected chi connectivity index (χ0v) is 16.6. The molecular weight excluding hydrogens is 396 g/mol. The van der Waals surface area contributed by atoms with Crippen molar-refractivity contribution in [1.82, 2.24) is 14.7 Å². The number of nitrogens with zero attached hydrogens (tertiary/aromatic N) is 2. The lowest BCUT2D eigenvalue weighted by Gasteiger charge is -2.13. The van der Waals surface area contributed by atoms with Gasteiger partial charge in [-0.25, -0.2) is 14.6 Å². The van der Waals surface area contributed by atoms with E-state index in [9.17, 15) is 14.4 Å². The zero-order valence-electron chi connectivity index (χ0n) is 15.8. The quantitative estimate of drug-likeness (QED) is 0.624. The van der Waals surface area contributed by atoms with Gasteiger partial charge in [-0.3, -0.25) is 9.20 Å². The van der Waals surface area contributed by atoms with Crippen LogP contribution in [0.5, 0.6) is 0 Å². The van der Waals surface area contributed by atoms with E-state index in [1.807, 2.05) is 13.8 Å². The number of aromatic nitrogens is 2. The van der Waals surface area contributed by atoms with Crippen molar-refractivity contribution in [3.8, 4) is 0 Å². The molecule has 0 bridgehead atoms. The van der Waals surface area contributed by atoms with E-state index >= 15 is 0 Å². The van der Waals surface area contributed by atoms with Crippen molar-refractivity contribution in [3.05, 3.63) is 75.3 Å². The smallest absolute Gasteiger partial charge is 0.340 e. The first-order valence-electron chi connectivity index (χ1n) is 8.85. The second kappa shape index (κ2) is 8.74. The van der Waals surface area contributed by atoms with Gasteiger partial charge in [0.2, 0.25) is 0 Å². The summed E-state index contributed by atoms with van der Waals surface area (Å²) in [5, 5.41) is 5.72. The minimum Gasteiger partial charge on any atom is -0.456 e. The number of esters is 1. The average molecular weight is 415 g/mol. The van der Waals surface area contributed by atoms with Crippen molar-refractivity contribution in [1.29, 1.82) is 0 Å². The van der Waals surface area contributed by atoms with Gasteiger partial charge in [0.05, 0.1) is 22.0 Å². The van der Waals surface area contributed by atoms with Crippen LogP contribution in [0.1, 0.15) is 29.9 Å². The van der Waals surface area contributed by atoms with Gasteiger partial charge in [0.25, 0.3) is 5.56 Å². The van der Waals surface area contributed by atoms with Crippen LogP contribution in [0.2, 0.25) is 5.02 Å². The highest BCUT2D eigenvalue weighted by Crippen LogP contribution is 2.17. The molecule has 0 aliphatic carbocycles. The largest absolute Gasteiger partial charge is 0.456 e. The number of para-hydroxylation sites is 1. The van der Waals surface area contributed by atoms with Gasteiger partial charge in [0, 0.05) is 18.3 Å². The molecule has 0 saturated heterocycles. The Morgan fingerprint density at radius 1 is 1.21 bits per heavy atom. The van der Waals surface area contributed by atoms with E-state index in [0.717, 1.165) is 0 Å². The average Bonchev–Trinajstić information content (AvgIpc) is 2.66. The summed E-state index contributed by atoms with van der Waals surface area (Å²) in [6, 6.07) is 10.5. The molecule has 2 amide bonds. The summed E-state index contributed by atoms with van der Waals surface area (Å²) in [6.45, 7) is 3.46. The first kappa shape index (κ1) is 20.3. The summed E-state index contributed by atoms with van der Waals surface area (Å²) >= 11 is 5.89. The standard InChI is InChI=1S/C20H19ClN4O4/c1-12(2)22-20(28)24-16-6-4-3-5-15(16)19(27)29-11-14-9-18(26)25-10-13(21)7-8-17(25)23-14/h3-10,12H,11H2,1-2H3,(H2,22,24,28). The number of pyridine rings is 1. The van der Waals surface area contributed by atoms with Crippen LogP contribution < -0.4 is 16.2 Å². The summed E-state index contributed by atoms with van der Waals surface area (Å²) < 4.78 is 6.60. The molecule has 2 N–H and O–H groups in total. The molecule has 0 saturated carbocycles. The van der Waals surface area contributed by atoms with Gasteiger partial charge in [0.1, 0.15) is 12.3 Å². The first-order chi connectivity index (χ1) is 13.8. The molecule has 0 radical (unpaired) electrons. The zero-order chi connectivity index (χ0) is 21.0. The molecular formula is C20H19ClN4O4. The Balaban J connectivity index is 1.75. The highest BCUT2D eigenvalue weighted by Gasteiger charge is 2.15. The number of ether oxygens (including phenoxy) is 1. The lowest BCUT2D eigenvalue weighted by atomic mass is 10.2. The van der Waals surface area contributed by atoms with Crippen LogP contribution in [-0.2, 0) is 11.3 Å². The molecule has 29 heavy (non-hydrogen) atoms. The fraction of sp³-hybridized carbons (Fsp3) is 0.200. The molecule has 0 aliphatic rings. The van der Waals surface area contributed by atoms with Crippen LogP contribution in [0.4, 0.5) is 10.5 Å². The van der Waals surface area contributed by atoms with E-state index in [4.69, 9.17) is 16.3 Å². The summed E-state index contributed by atoms with van der Waals surface area (Å²) in [5.41, 5.74) is 0.859. The predicted molar refractivity (Wildman–Crippen MR) is 109 cm³/mol. The number of rotatable bonds is 5. The van der Waals surface area contributed by atoms with Gasteiger partial charge in [-0.15, -0.1) is 0 Å². The number of hydrogen-bond acceptors (Lipinski definition) is 5. The monoisotopic (exact) mass is 414 g/mol. The third kappa shape index (κ3) is 5.11. The third-order valence-corrected chi connectivity index (χ3v) is 4.07. The minimum absolute atomic E-state index is 0.0536. The van der Waals surface area contributed by atoms with E-state index in [1.54, 1.807) is 30.3 Å². The fourth-order valence-electron chi connectivity index (χ4n) is 2.61. The van der Waals surface area contributed by atoms with E-state index in [-0.39, 0.29) is 23.8 Å². The van der Waals surface area contributed by atoms with Crippen molar-refractivity contribution in [2.75, 3.05) is 5.32 Å². The van der Waals surface area contributed by atoms with Gasteiger partial charge in [-0.2, -0.15) is 0 Å². The highest BCUT2D eigenvalue weighted by molar-refractivity contribution is 6.30. The Morgan fingerprint density at radius 2 is 1.97 bits per heavy atom. The Morgan fingerprint density at radius 3 is 2.72 bits per heavy atom. The maximum Gasteiger partial charge on any atom is 0.340 e. The van der Waals surface area contributed by atoms with Crippen LogP contribution in [0.15, 0.2) is 53.5 Å². The summed E-state index contributed by atoms with van der Waals surface area (Å²) in [5.74, 6) is -0.649. The Bertz CT molecular complexity index is 1130. The van der Waals surface area contributed by atoms with E-state index in [0.29, 0.717) is 22.1 Å². The van der Waals surface area contributed by atoms with Gasteiger partial charge >= 0.3 is 12.0 Å². The van der Waals surface area contributed by atoms with Crippen molar-refractivity contribution in [3.63, 3.8) is 0 Å². The number of carbonyl (C=O) groups excluding carboxylic acids is 2. The SMILES string of the molecule is CC(C)NC(=O)Nc1ccccc1C(=O)OCc1cc(=O)n2cc(Cl)ccc2n1. The number of anilines is 1. The van der Waals surface area contributed by atoms with E-state index < -0.39 is 12.0 Å². The second-order valence-corrected chi connectivity index (χ2v) is 6.97. The van der Waals surface area contributed by atoms with Gasteiger partial charge in [-0.05, 0) is 38.1 Å². The van der Waals surface area contributed by atoms with Crippen molar-refractivity contribution < 1.29 is 14.3 Å². The molecule has 150 valence electrons. The number of hydrogen-bond donors (Lipinski definition) is 2. The number of urea groups is 1. The lowest BCUT2D eigenvalue weighted by Crippen LogP contribution is -2.34. The van der Waals surface area contributed by atoms with Crippen molar-refractivity contribution in [2.45, 2.75) is 26.5 Å². The van der Waals surface area contributed by atoms with Gasteiger partial charge in [-0.1, -0.05) is 23.7 Å². The third-order valence-electron chi connectivity index (χ3n) is 3.84. The van der Waals surface area contributed by atoms with Crippen LogP contribution in [0.25, 0.3) is 5.65 Å². The van der Waals surface area contributed by atoms with Gasteiger partial charge in [0.15, 0.2) is 0 Å². The van der Waals surface area contributed by atoms with Crippen LogP contribution in [0, 0.1) is 0 Å². The highest BCUT2D eigenvalue weighted by atomic mass is 35.5. The second-order valence-electron chi connectivity index (χ2n) is 6.54. The number of benzene rings is 1. The predicted octanol–water partition coefficient (Wildman–Crippen LogP) is 3.23. The molecule has 2 aromatic heterocycles. The molecule has 0 fully saturated rings. The molecule has 0 atom stereocenters. The Hall–Kier alpha value is -3.39. The Kier molecular flexibility index (Phi) is 6.13. The number of nitrogens with one attached hydrogen (secondary N) is 2. The maximum atomic E-state index is 12.5. The maximum absolute atomic E-state index is 12.5. The molecule has 0 unspecified atom stereocenters. The molecule has 1 aromatic carbocycles. The van der Waals surface area contributed by atoms with E-state index in [2.05, 4.69) is 15.6 Å². The van der Waals surface area contributed by atoms with Crippen molar-refractivity contribution in [2.24, 2.45) is 0 Å². The number of halogens is 1. The van der Waals surface area contributed by atoms with Crippen molar-refractivity contribution >= 4 is 34.9 Å². The number of fused-ring (bicyclic) bond motifs is 1. The molecule has 3 rings (SSSR count). The summed E-state index contributed by atoms with van der Waals surface area (Å²) in [7, 11) is 0. The summed E-state index contributed by atoms with van der Waals surface area (Å²) in [4.78, 5) is 40.9. The Labute approximate surface area is 171 Å². The van der Waals surface area contributed by atoms with Crippen LogP contribution >= 0.6 is 11.6 Å². The molecule has 0 spiro atoms.